The van der Waals surface area contributed by atoms with E-state index in [1.165, 1.54) is 11.3 Å². The van der Waals surface area contributed by atoms with Crippen molar-refractivity contribution in [2.24, 2.45) is 0 Å². The summed E-state index contributed by atoms with van der Waals surface area (Å²) in [6, 6.07) is 8.33. The molecule has 0 aliphatic heterocycles. The van der Waals surface area contributed by atoms with Crippen molar-refractivity contribution in [2.45, 2.75) is 6.92 Å². The van der Waals surface area contributed by atoms with E-state index in [9.17, 15) is 4.79 Å². The molecule has 96 valence electrons. The van der Waals surface area contributed by atoms with E-state index >= 15 is 0 Å². The molecule has 4 nitrogen and oxygen atoms in total. The summed E-state index contributed by atoms with van der Waals surface area (Å²) in [7, 11) is 0. The van der Waals surface area contributed by atoms with Crippen LogP contribution in [-0.2, 0) is 0 Å². The van der Waals surface area contributed by atoms with Gasteiger partial charge in [0.05, 0.1) is 15.5 Å². The maximum absolute atomic E-state index is 12.0. The predicted octanol–water partition coefficient (Wildman–Crippen LogP) is 3.42. The van der Waals surface area contributed by atoms with Crippen LogP contribution in [0.4, 0.5) is 11.4 Å². The molecule has 2 rings (SSSR count). The van der Waals surface area contributed by atoms with Gasteiger partial charge in [-0.3, -0.25) is 4.79 Å². The van der Waals surface area contributed by atoms with Crippen molar-refractivity contribution < 1.29 is 4.79 Å². The van der Waals surface area contributed by atoms with Crippen LogP contribution >= 0.6 is 22.9 Å². The Balaban J connectivity index is 2.20. The summed E-state index contributed by atoms with van der Waals surface area (Å²) >= 11 is 7.23. The van der Waals surface area contributed by atoms with Gasteiger partial charge in [-0.1, -0.05) is 11.6 Å². The Hall–Kier alpha value is -2.03. The average Bonchev–Trinajstić information content (AvgIpc) is 2.70. The van der Waals surface area contributed by atoms with Gasteiger partial charge in [-0.15, -0.1) is 11.3 Å². The van der Waals surface area contributed by atoms with Gasteiger partial charge < -0.3 is 11.1 Å². The van der Waals surface area contributed by atoms with E-state index in [4.69, 9.17) is 22.6 Å². The summed E-state index contributed by atoms with van der Waals surface area (Å²) in [5.41, 5.74) is 7.22. The van der Waals surface area contributed by atoms with E-state index in [-0.39, 0.29) is 5.91 Å². The number of carbonyl (C=O) groups is 1. The van der Waals surface area contributed by atoms with Gasteiger partial charge in [0.25, 0.3) is 5.91 Å². The Morgan fingerprint density at radius 3 is 2.74 bits per heavy atom. The van der Waals surface area contributed by atoms with Gasteiger partial charge in [-0.2, -0.15) is 5.26 Å². The molecule has 0 saturated heterocycles. The lowest BCUT2D eigenvalue weighted by molar-refractivity contribution is 0.103. The van der Waals surface area contributed by atoms with Gasteiger partial charge in [-0.25, -0.2) is 0 Å². The van der Waals surface area contributed by atoms with Crippen LogP contribution in [0.1, 0.15) is 20.1 Å². The SMILES string of the molecule is Cc1sc(C(=O)Nc2ccc(C#N)c(Cl)c2)cc1N. The molecule has 19 heavy (non-hydrogen) atoms. The number of nitrogens with one attached hydrogen (secondary N) is 1. The fourth-order valence-electron chi connectivity index (χ4n) is 1.48. The predicted molar refractivity (Wildman–Crippen MR) is 77.6 cm³/mol. The Bertz CT molecular complexity index is 668. The monoisotopic (exact) mass is 291 g/mol. The van der Waals surface area contributed by atoms with E-state index in [1.807, 2.05) is 13.0 Å². The average molecular weight is 292 g/mol. The van der Waals surface area contributed by atoms with Gasteiger partial charge in [0, 0.05) is 16.3 Å². The van der Waals surface area contributed by atoms with E-state index in [2.05, 4.69) is 5.32 Å². The molecular weight excluding hydrogens is 282 g/mol. The first-order valence-electron chi connectivity index (χ1n) is 5.38. The third kappa shape index (κ3) is 2.87. The smallest absolute Gasteiger partial charge is 0.265 e. The number of nitriles is 1. The van der Waals surface area contributed by atoms with Crippen LogP contribution in [-0.4, -0.2) is 5.91 Å². The topological polar surface area (TPSA) is 78.9 Å². The number of thiophene rings is 1. The summed E-state index contributed by atoms with van der Waals surface area (Å²) in [5.74, 6) is -0.245. The number of nitrogens with two attached hydrogens (primary N) is 1. The lowest BCUT2D eigenvalue weighted by Gasteiger charge is -2.04. The summed E-state index contributed by atoms with van der Waals surface area (Å²) in [6.45, 7) is 1.86. The van der Waals surface area contributed by atoms with Crippen LogP contribution in [0.15, 0.2) is 24.3 Å². The number of nitrogens with zero attached hydrogens (tertiary/aromatic N) is 1. The molecule has 6 heteroatoms. The fraction of sp³-hybridized carbons (Fsp3) is 0.0769. The highest BCUT2D eigenvalue weighted by molar-refractivity contribution is 7.14. The Morgan fingerprint density at radius 2 is 2.21 bits per heavy atom. The highest BCUT2D eigenvalue weighted by Crippen LogP contribution is 2.25. The van der Waals surface area contributed by atoms with E-state index in [0.717, 1.165) is 4.88 Å². The van der Waals surface area contributed by atoms with Crippen molar-refractivity contribution in [1.29, 1.82) is 5.26 Å². The Morgan fingerprint density at radius 1 is 1.47 bits per heavy atom. The number of hydrogen-bond donors (Lipinski definition) is 2. The summed E-state index contributed by atoms with van der Waals surface area (Å²) < 4.78 is 0. The molecule has 0 aliphatic carbocycles. The molecule has 0 fully saturated rings. The zero-order chi connectivity index (χ0) is 14.0. The number of aryl methyl sites for hydroxylation is 1. The molecule has 1 amide bonds. The van der Waals surface area contributed by atoms with Crippen molar-refractivity contribution in [3.8, 4) is 6.07 Å². The lowest BCUT2D eigenvalue weighted by Crippen LogP contribution is -2.10. The molecule has 0 atom stereocenters. The largest absolute Gasteiger partial charge is 0.398 e. The molecule has 0 bridgehead atoms. The number of nitrogen functional groups attached to an aromatic ring is 1. The van der Waals surface area contributed by atoms with Gasteiger partial charge >= 0.3 is 0 Å². The molecule has 0 radical (unpaired) electrons. The molecule has 0 aliphatic rings. The van der Waals surface area contributed by atoms with Crippen molar-refractivity contribution >= 4 is 40.2 Å². The lowest BCUT2D eigenvalue weighted by atomic mass is 10.2. The van der Waals surface area contributed by atoms with Crippen LogP contribution < -0.4 is 11.1 Å². The second kappa shape index (κ2) is 5.31. The van der Waals surface area contributed by atoms with Crippen molar-refractivity contribution in [3.63, 3.8) is 0 Å². The normalized spacial score (nSPS) is 9.95. The number of amides is 1. The van der Waals surface area contributed by atoms with Crippen molar-refractivity contribution in [1.82, 2.24) is 0 Å². The van der Waals surface area contributed by atoms with Crippen LogP contribution in [0.2, 0.25) is 5.02 Å². The second-order valence-electron chi connectivity index (χ2n) is 3.88. The number of rotatable bonds is 2. The number of carbonyl (C=O) groups excluding carboxylic acids is 1. The molecule has 0 unspecified atom stereocenters. The summed E-state index contributed by atoms with van der Waals surface area (Å²) in [4.78, 5) is 13.4. The Labute approximate surface area is 119 Å². The van der Waals surface area contributed by atoms with Crippen LogP contribution in [0.25, 0.3) is 0 Å². The van der Waals surface area contributed by atoms with Crippen LogP contribution in [0, 0.1) is 18.3 Å². The highest BCUT2D eigenvalue weighted by atomic mass is 35.5. The molecule has 0 saturated carbocycles. The van der Waals surface area contributed by atoms with Crippen LogP contribution in [0.5, 0.6) is 0 Å². The first kappa shape index (κ1) is 13.4. The zero-order valence-corrected chi connectivity index (χ0v) is 11.6. The van der Waals surface area contributed by atoms with Gasteiger partial charge in [-0.05, 0) is 31.2 Å². The maximum atomic E-state index is 12.0. The summed E-state index contributed by atoms with van der Waals surface area (Å²) in [6.07, 6.45) is 0. The zero-order valence-electron chi connectivity index (χ0n) is 10.0. The van der Waals surface area contributed by atoms with E-state index in [1.54, 1.807) is 24.3 Å². The van der Waals surface area contributed by atoms with Crippen molar-refractivity contribution in [2.75, 3.05) is 11.1 Å². The summed E-state index contributed by atoms with van der Waals surface area (Å²) in [5, 5.41) is 11.8. The fourth-order valence-corrected chi connectivity index (χ4v) is 2.54. The minimum absolute atomic E-state index is 0.245. The molecule has 0 spiro atoms. The number of benzene rings is 1. The highest BCUT2D eigenvalue weighted by Gasteiger charge is 2.11. The van der Waals surface area contributed by atoms with Gasteiger partial charge in [0.2, 0.25) is 0 Å². The molecule has 1 heterocycles. The Kier molecular flexibility index (Phi) is 3.74. The maximum Gasteiger partial charge on any atom is 0.265 e. The number of halogens is 1. The van der Waals surface area contributed by atoms with Gasteiger partial charge in [0.1, 0.15) is 6.07 Å². The first-order chi connectivity index (χ1) is 9.01. The van der Waals surface area contributed by atoms with E-state index < -0.39 is 0 Å². The minimum atomic E-state index is -0.245. The minimum Gasteiger partial charge on any atom is -0.398 e. The third-order valence-electron chi connectivity index (χ3n) is 2.53. The van der Waals surface area contributed by atoms with Gasteiger partial charge in [0.15, 0.2) is 0 Å². The molecular formula is C13H10ClN3OS. The van der Waals surface area contributed by atoms with Crippen LogP contribution in [0.3, 0.4) is 0 Å². The molecule has 1 aromatic heterocycles. The standard InChI is InChI=1S/C13H10ClN3OS/c1-7-11(16)5-12(19-7)13(18)17-9-3-2-8(6-15)10(14)4-9/h2-5H,16H2,1H3,(H,17,18). The quantitative estimate of drug-likeness (QED) is 0.890. The van der Waals surface area contributed by atoms with Crippen molar-refractivity contribution in [3.05, 3.63) is 44.6 Å². The molecule has 3 N–H and O–H groups in total. The molecule has 2 aromatic rings. The first-order valence-corrected chi connectivity index (χ1v) is 6.57. The molecule has 1 aromatic carbocycles. The third-order valence-corrected chi connectivity index (χ3v) is 3.91. The number of hydrogen-bond acceptors (Lipinski definition) is 4. The van der Waals surface area contributed by atoms with E-state index in [0.29, 0.717) is 26.8 Å². The number of anilines is 2. The second-order valence-corrected chi connectivity index (χ2v) is 5.55.